The molecule has 1 N–H and O–H groups in total. The summed E-state index contributed by atoms with van der Waals surface area (Å²) < 4.78 is 0. The van der Waals surface area contributed by atoms with E-state index in [1.165, 1.54) is 17.8 Å². The first kappa shape index (κ1) is 10.3. The molecular weight excluding hydrogens is 134 g/mol. The average molecular weight is 153 g/mol. The molecule has 0 amide bonds. The van der Waals surface area contributed by atoms with E-state index in [0.29, 0.717) is 0 Å². The summed E-state index contributed by atoms with van der Waals surface area (Å²) in [5.74, 6) is 0. The monoisotopic (exact) mass is 153 g/mol. The number of nitrogens with one attached hydrogen (secondary N) is 1. The van der Waals surface area contributed by atoms with Crippen molar-refractivity contribution in [2.45, 2.75) is 40.5 Å². The maximum atomic E-state index is 3.23. The number of aryl methyl sites for hydroxylation is 2. The quantitative estimate of drug-likeness (QED) is 0.637. The lowest BCUT2D eigenvalue weighted by Gasteiger charge is -1.84. The van der Waals surface area contributed by atoms with Crippen LogP contribution in [0.1, 0.15) is 38.6 Å². The molecule has 64 valence electrons. The van der Waals surface area contributed by atoms with Crippen LogP contribution >= 0.6 is 0 Å². The topological polar surface area (TPSA) is 15.8 Å². The lowest BCUT2D eigenvalue weighted by Crippen LogP contribution is -1.76. The van der Waals surface area contributed by atoms with Gasteiger partial charge in [0.15, 0.2) is 0 Å². The molecule has 0 saturated heterocycles. The Balaban J connectivity index is 0.000000292. The molecule has 1 aromatic heterocycles. The fourth-order valence-electron chi connectivity index (χ4n) is 0.768. The molecule has 0 radical (unpaired) electrons. The van der Waals surface area contributed by atoms with Gasteiger partial charge in [-0.1, -0.05) is 27.2 Å². The highest BCUT2D eigenvalue weighted by atomic mass is 14.7. The zero-order valence-electron chi connectivity index (χ0n) is 8.07. The third kappa shape index (κ3) is 4.65. The van der Waals surface area contributed by atoms with Crippen molar-refractivity contribution in [3.63, 3.8) is 0 Å². The van der Waals surface area contributed by atoms with Crippen LogP contribution in [-0.4, -0.2) is 4.98 Å². The average Bonchev–Trinajstić information content (AvgIpc) is 2.37. The highest BCUT2D eigenvalue weighted by Crippen LogP contribution is 1.99. The summed E-state index contributed by atoms with van der Waals surface area (Å²) in [4.78, 5) is 3.23. The van der Waals surface area contributed by atoms with Crippen LogP contribution in [0.2, 0.25) is 0 Å². The fraction of sp³-hybridized carbons (Fsp3) is 0.600. The minimum Gasteiger partial charge on any atom is -0.363 e. The lowest BCUT2D eigenvalue weighted by molar-refractivity contribution is 1.04. The van der Waals surface area contributed by atoms with Crippen molar-refractivity contribution < 1.29 is 0 Å². The molecule has 11 heavy (non-hydrogen) atoms. The van der Waals surface area contributed by atoms with Crippen LogP contribution in [0.25, 0.3) is 0 Å². The summed E-state index contributed by atoms with van der Waals surface area (Å²) >= 11 is 0. The summed E-state index contributed by atoms with van der Waals surface area (Å²) in [7, 11) is 0. The second-order valence-electron chi connectivity index (χ2n) is 2.73. The smallest absolute Gasteiger partial charge is 0.0146 e. The lowest BCUT2D eigenvalue weighted by atomic mass is 10.3. The van der Waals surface area contributed by atoms with Gasteiger partial charge in [-0.15, -0.1) is 0 Å². The van der Waals surface area contributed by atoms with Gasteiger partial charge in [-0.2, -0.15) is 0 Å². The Kier molecular flexibility index (Phi) is 5.63. The molecule has 1 nitrogen and oxygen atoms in total. The molecule has 1 heterocycles. The molecule has 1 heteroatoms. The Hall–Kier alpha value is -0.720. The number of aromatic amines is 1. The van der Waals surface area contributed by atoms with E-state index in [0.717, 1.165) is 6.42 Å². The summed E-state index contributed by atoms with van der Waals surface area (Å²) in [6, 6.07) is 4.22. The highest BCUT2D eigenvalue weighted by molar-refractivity contribution is 5.10. The van der Waals surface area contributed by atoms with Gasteiger partial charge in [-0.05, 0) is 25.5 Å². The van der Waals surface area contributed by atoms with Gasteiger partial charge >= 0.3 is 0 Å². The predicted molar refractivity (Wildman–Crippen MR) is 50.9 cm³/mol. The van der Waals surface area contributed by atoms with E-state index in [1.807, 2.05) is 0 Å². The molecule has 0 unspecified atom stereocenters. The van der Waals surface area contributed by atoms with E-state index < -0.39 is 0 Å². The van der Waals surface area contributed by atoms with E-state index in [4.69, 9.17) is 0 Å². The van der Waals surface area contributed by atoms with E-state index >= 15 is 0 Å². The largest absolute Gasteiger partial charge is 0.363 e. The van der Waals surface area contributed by atoms with Gasteiger partial charge in [0, 0.05) is 11.4 Å². The second-order valence-corrected chi connectivity index (χ2v) is 2.73. The molecule has 0 aromatic carbocycles. The minimum absolute atomic E-state index is 1.10. The van der Waals surface area contributed by atoms with Crippen LogP contribution < -0.4 is 0 Å². The van der Waals surface area contributed by atoms with Crippen molar-refractivity contribution in [3.8, 4) is 0 Å². The number of hydrogen-bond donors (Lipinski definition) is 1. The van der Waals surface area contributed by atoms with Crippen molar-refractivity contribution in [2.75, 3.05) is 0 Å². The van der Waals surface area contributed by atoms with Crippen molar-refractivity contribution in [1.29, 1.82) is 0 Å². The van der Waals surface area contributed by atoms with E-state index in [2.05, 4.69) is 44.8 Å². The maximum absolute atomic E-state index is 3.23. The third-order valence-electron chi connectivity index (χ3n) is 1.27. The molecule has 0 spiro atoms. The molecule has 0 aliphatic heterocycles. The van der Waals surface area contributed by atoms with Crippen LogP contribution in [-0.2, 0) is 6.42 Å². The Labute approximate surface area is 69.8 Å². The Morgan fingerprint density at radius 1 is 1.18 bits per heavy atom. The molecule has 0 atom stereocenters. The van der Waals surface area contributed by atoms with Crippen molar-refractivity contribution in [1.82, 2.24) is 4.98 Å². The van der Waals surface area contributed by atoms with Gasteiger partial charge < -0.3 is 4.98 Å². The highest BCUT2D eigenvalue weighted by Gasteiger charge is 1.87. The van der Waals surface area contributed by atoms with Crippen molar-refractivity contribution in [2.24, 2.45) is 0 Å². The van der Waals surface area contributed by atoms with Crippen LogP contribution in [0.15, 0.2) is 12.1 Å². The van der Waals surface area contributed by atoms with Gasteiger partial charge in [-0.25, -0.2) is 0 Å². The zero-order valence-corrected chi connectivity index (χ0v) is 8.07. The van der Waals surface area contributed by atoms with Gasteiger partial charge in [0.1, 0.15) is 0 Å². The fourth-order valence-corrected chi connectivity index (χ4v) is 0.768. The standard InChI is InChI=1S/C7H11N.C3H8/c1-3-7-5-4-6(2)8-7;1-3-2/h4-5,8H,3H2,1-2H3;3H2,1-2H3. The predicted octanol–water partition coefficient (Wildman–Crippen LogP) is 3.30. The van der Waals surface area contributed by atoms with E-state index in [-0.39, 0.29) is 0 Å². The van der Waals surface area contributed by atoms with Crippen LogP contribution in [0.3, 0.4) is 0 Å². The van der Waals surface area contributed by atoms with Crippen LogP contribution in [0, 0.1) is 6.92 Å². The zero-order chi connectivity index (χ0) is 8.69. The minimum atomic E-state index is 1.10. The SMILES string of the molecule is CCC.CCc1ccc(C)[nH]1. The number of hydrogen-bond acceptors (Lipinski definition) is 0. The van der Waals surface area contributed by atoms with Gasteiger partial charge in [0.05, 0.1) is 0 Å². The van der Waals surface area contributed by atoms with Crippen molar-refractivity contribution in [3.05, 3.63) is 23.5 Å². The van der Waals surface area contributed by atoms with Gasteiger partial charge in [0.2, 0.25) is 0 Å². The van der Waals surface area contributed by atoms with Gasteiger partial charge in [-0.3, -0.25) is 0 Å². The molecule has 0 aliphatic rings. The molecule has 0 fully saturated rings. The molecule has 1 aromatic rings. The number of aromatic nitrogens is 1. The Morgan fingerprint density at radius 3 is 1.91 bits per heavy atom. The molecule has 0 aliphatic carbocycles. The van der Waals surface area contributed by atoms with E-state index in [1.54, 1.807) is 0 Å². The molecular formula is C10H19N. The summed E-state index contributed by atoms with van der Waals surface area (Å²) in [5, 5.41) is 0. The first-order valence-electron chi connectivity index (χ1n) is 4.39. The summed E-state index contributed by atoms with van der Waals surface area (Å²) in [5.41, 5.74) is 2.57. The molecule has 1 rings (SSSR count). The van der Waals surface area contributed by atoms with Crippen LogP contribution in [0.4, 0.5) is 0 Å². The molecule has 0 bridgehead atoms. The van der Waals surface area contributed by atoms with Gasteiger partial charge in [0.25, 0.3) is 0 Å². The summed E-state index contributed by atoms with van der Waals surface area (Å²) in [6.45, 7) is 8.46. The first-order chi connectivity index (χ1) is 5.24. The Bertz CT molecular complexity index is 177. The maximum Gasteiger partial charge on any atom is 0.0146 e. The second kappa shape index (κ2) is 6.02. The third-order valence-corrected chi connectivity index (χ3v) is 1.27. The molecule has 0 saturated carbocycles. The van der Waals surface area contributed by atoms with Crippen LogP contribution in [0.5, 0.6) is 0 Å². The normalized spacial score (nSPS) is 8.73. The number of rotatable bonds is 1. The number of H-pyrrole nitrogens is 1. The summed E-state index contributed by atoms with van der Waals surface area (Å²) in [6.07, 6.45) is 2.36. The first-order valence-corrected chi connectivity index (χ1v) is 4.39. The Morgan fingerprint density at radius 2 is 1.73 bits per heavy atom. The van der Waals surface area contributed by atoms with E-state index in [9.17, 15) is 0 Å². The van der Waals surface area contributed by atoms with Crippen molar-refractivity contribution >= 4 is 0 Å².